The van der Waals surface area contributed by atoms with Gasteiger partial charge in [0.1, 0.15) is 0 Å². The molecular weight excluding hydrogens is 397 g/mol. The summed E-state index contributed by atoms with van der Waals surface area (Å²) in [4.78, 5) is 14.8. The number of methoxy groups -OCH3 is 1. The molecule has 0 spiro atoms. The van der Waals surface area contributed by atoms with Crippen molar-refractivity contribution < 1.29 is 27.4 Å². The minimum atomic E-state index is -4.37. The lowest BCUT2D eigenvalue weighted by molar-refractivity contribution is -0.137. The molecule has 2 fully saturated rings. The first-order valence-electron chi connectivity index (χ1n) is 10.7. The molecule has 2 aliphatic heterocycles. The van der Waals surface area contributed by atoms with Crippen LogP contribution >= 0.6 is 0 Å². The maximum Gasteiger partial charge on any atom is 0.416 e. The summed E-state index contributed by atoms with van der Waals surface area (Å²) in [5.74, 6) is -0.00619. The van der Waals surface area contributed by atoms with Gasteiger partial charge in [-0.1, -0.05) is 6.07 Å². The van der Waals surface area contributed by atoms with Crippen LogP contribution in [0.4, 0.5) is 13.2 Å². The number of hydrogen-bond acceptors (Lipinski definition) is 4. The first kappa shape index (κ1) is 21.6. The summed E-state index contributed by atoms with van der Waals surface area (Å²) < 4.78 is 50.1. The van der Waals surface area contributed by atoms with Crippen molar-refractivity contribution in [2.75, 3.05) is 26.9 Å². The average Bonchev–Trinajstić information content (AvgIpc) is 3.20. The summed E-state index contributed by atoms with van der Waals surface area (Å²) in [7, 11) is 1.69. The summed E-state index contributed by atoms with van der Waals surface area (Å²) in [6.45, 7) is 2.12. The summed E-state index contributed by atoms with van der Waals surface area (Å²) in [6.07, 6.45) is -0.358. The average molecular weight is 426 g/mol. The van der Waals surface area contributed by atoms with Crippen LogP contribution in [-0.4, -0.2) is 55.9 Å². The molecule has 0 bridgehead atoms. The van der Waals surface area contributed by atoms with Gasteiger partial charge >= 0.3 is 6.18 Å². The Labute approximate surface area is 174 Å². The van der Waals surface area contributed by atoms with Crippen LogP contribution in [0, 0.1) is 5.92 Å². The fraction of sp³-hybridized carbons (Fsp3) is 0.682. The smallest absolute Gasteiger partial charge is 0.379 e. The lowest BCUT2D eigenvalue weighted by atomic mass is 9.95. The van der Waals surface area contributed by atoms with E-state index in [0.717, 1.165) is 37.3 Å². The Balaban J connectivity index is 1.35. The third-order valence-corrected chi connectivity index (χ3v) is 6.70. The van der Waals surface area contributed by atoms with E-state index in [2.05, 4.69) is 5.32 Å². The maximum atomic E-state index is 13.1. The van der Waals surface area contributed by atoms with Crippen LogP contribution in [-0.2, 0) is 33.4 Å². The van der Waals surface area contributed by atoms with Crippen LogP contribution in [0.25, 0.3) is 0 Å². The molecule has 3 unspecified atom stereocenters. The van der Waals surface area contributed by atoms with E-state index in [0.29, 0.717) is 31.7 Å². The van der Waals surface area contributed by atoms with Crippen LogP contribution < -0.4 is 5.32 Å². The minimum absolute atomic E-state index is 0.0231. The molecule has 2 heterocycles. The molecule has 1 N–H and O–H groups in total. The van der Waals surface area contributed by atoms with Gasteiger partial charge in [0, 0.05) is 44.8 Å². The van der Waals surface area contributed by atoms with Crippen molar-refractivity contribution in [1.29, 1.82) is 0 Å². The number of rotatable bonds is 4. The molecule has 1 aliphatic carbocycles. The molecule has 0 aromatic heterocycles. The Morgan fingerprint density at radius 2 is 2.07 bits per heavy atom. The maximum absolute atomic E-state index is 13.1. The zero-order chi connectivity index (χ0) is 21.3. The highest BCUT2D eigenvalue weighted by Gasteiger charge is 2.37. The van der Waals surface area contributed by atoms with Gasteiger partial charge in [-0.05, 0) is 55.4 Å². The van der Waals surface area contributed by atoms with Crippen molar-refractivity contribution in [2.45, 2.75) is 63.0 Å². The summed E-state index contributed by atoms with van der Waals surface area (Å²) in [5, 5.41) is 3.65. The highest BCUT2D eigenvalue weighted by Crippen LogP contribution is 2.34. The van der Waals surface area contributed by atoms with Crippen molar-refractivity contribution in [2.24, 2.45) is 5.92 Å². The van der Waals surface area contributed by atoms with E-state index in [4.69, 9.17) is 9.47 Å². The monoisotopic (exact) mass is 426 g/mol. The van der Waals surface area contributed by atoms with Crippen molar-refractivity contribution in [3.8, 4) is 0 Å². The minimum Gasteiger partial charge on any atom is -0.379 e. The zero-order valence-corrected chi connectivity index (χ0v) is 17.2. The first-order valence-corrected chi connectivity index (χ1v) is 10.7. The number of carbonyl (C=O) groups is 1. The van der Waals surface area contributed by atoms with E-state index in [9.17, 15) is 18.0 Å². The number of halogens is 3. The summed E-state index contributed by atoms with van der Waals surface area (Å²) >= 11 is 0. The summed E-state index contributed by atoms with van der Waals surface area (Å²) in [5.41, 5.74) is 0.871. The lowest BCUT2D eigenvalue weighted by Gasteiger charge is -2.33. The van der Waals surface area contributed by atoms with Crippen LogP contribution in [0.3, 0.4) is 0 Å². The molecule has 1 saturated heterocycles. The molecule has 4 rings (SSSR count). The van der Waals surface area contributed by atoms with Crippen molar-refractivity contribution in [1.82, 2.24) is 10.2 Å². The van der Waals surface area contributed by atoms with Gasteiger partial charge in [-0.3, -0.25) is 4.79 Å². The lowest BCUT2D eigenvalue weighted by Crippen LogP contribution is -2.50. The zero-order valence-electron chi connectivity index (χ0n) is 17.2. The van der Waals surface area contributed by atoms with Crippen molar-refractivity contribution in [3.05, 3.63) is 34.9 Å². The number of nitrogens with one attached hydrogen (secondary N) is 1. The van der Waals surface area contributed by atoms with E-state index < -0.39 is 11.7 Å². The molecule has 1 aromatic carbocycles. The van der Waals surface area contributed by atoms with Crippen LogP contribution in [0.5, 0.6) is 0 Å². The van der Waals surface area contributed by atoms with E-state index >= 15 is 0 Å². The van der Waals surface area contributed by atoms with E-state index in [1.807, 2.05) is 0 Å². The second kappa shape index (κ2) is 8.85. The largest absolute Gasteiger partial charge is 0.416 e. The van der Waals surface area contributed by atoms with Gasteiger partial charge in [-0.25, -0.2) is 0 Å². The van der Waals surface area contributed by atoms with E-state index in [1.165, 1.54) is 6.07 Å². The third-order valence-electron chi connectivity index (χ3n) is 6.70. The van der Waals surface area contributed by atoms with E-state index in [1.54, 1.807) is 18.1 Å². The predicted molar refractivity (Wildman–Crippen MR) is 105 cm³/mol. The Morgan fingerprint density at radius 1 is 1.23 bits per heavy atom. The third kappa shape index (κ3) is 4.65. The number of hydrogen-bond donors (Lipinski definition) is 1. The molecule has 5 nitrogen and oxygen atoms in total. The Hall–Kier alpha value is -1.64. The standard InChI is InChI=1S/C22H29F3N2O3/c1-29-20-13-30-9-7-19(20)26-18-5-3-15(11-18)21(28)27-8-6-14-2-4-17(22(23,24)25)10-16(14)12-27/h2,4,10,15,18-20,26H,3,5-9,11-13H2,1H3/t15-,18?,19?,20?/m0/s1. The Bertz CT molecular complexity index is 770. The van der Waals surface area contributed by atoms with Gasteiger partial charge in [0.2, 0.25) is 5.91 Å². The SMILES string of the molecule is COC1COCCC1NC1CC[C@H](C(=O)N2CCc3ccc(C(F)(F)F)cc3C2)C1. The second-order valence-electron chi connectivity index (χ2n) is 8.61. The number of benzene rings is 1. The molecule has 0 radical (unpaired) electrons. The number of carbonyl (C=O) groups excluding carboxylic acids is 1. The van der Waals surface area contributed by atoms with Crippen LogP contribution in [0.1, 0.15) is 42.4 Å². The number of ether oxygens (including phenoxy) is 2. The number of amides is 1. The van der Waals surface area contributed by atoms with Gasteiger partial charge in [-0.2, -0.15) is 13.2 Å². The quantitative estimate of drug-likeness (QED) is 0.804. The van der Waals surface area contributed by atoms with Gasteiger partial charge < -0.3 is 19.7 Å². The molecule has 1 amide bonds. The molecule has 30 heavy (non-hydrogen) atoms. The van der Waals surface area contributed by atoms with E-state index in [-0.39, 0.29) is 36.6 Å². The Kier molecular flexibility index (Phi) is 6.36. The van der Waals surface area contributed by atoms with Crippen molar-refractivity contribution >= 4 is 5.91 Å². The predicted octanol–water partition coefficient (Wildman–Crippen LogP) is 3.15. The molecule has 8 heteroatoms. The van der Waals surface area contributed by atoms with Gasteiger partial charge in [0.15, 0.2) is 0 Å². The van der Waals surface area contributed by atoms with Gasteiger partial charge in [0.25, 0.3) is 0 Å². The number of alkyl halides is 3. The topological polar surface area (TPSA) is 50.8 Å². The van der Waals surface area contributed by atoms with Crippen LogP contribution in [0.15, 0.2) is 18.2 Å². The molecule has 1 saturated carbocycles. The first-order chi connectivity index (χ1) is 14.3. The number of fused-ring (bicyclic) bond motifs is 1. The number of nitrogens with zero attached hydrogens (tertiary/aromatic N) is 1. The normalized spacial score (nSPS) is 29.7. The molecule has 1 aromatic rings. The molecule has 4 atom stereocenters. The fourth-order valence-electron chi connectivity index (χ4n) is 4.97. The second-order valence-corrected chi connectivity index (χ2v) is 8.61. The molecular formula is C22H29F3N2O3. The molecule has 3 aliphatic rings. The fourth-order valence-corrected chi connectivity index (χ4v) is 4.97. The highest BCUT2D eigenvalue weighted by atomic mass is 19.4. The van der Waals surface area contributed by atoms with Crippen molar-refractivity contribution in [3.63, 3.8) is 0 Å². The van der Waals surface area contributed by atoms with Gasteiger partial charge in [0.05, 0.1) is 18.3 Å². The van der Waals surface area contributed by atoms with Gasteiger partial charge in [-0.15, -0.1) is 0 Å². The van der Waals surface area contributed by atoms with Crippen LogP contribution in [0.2, 0.25) is 0 Å². The molecule has 166 valence electrons. The summed E-state index contributed by atoms with van der Waals surface area (Å²) in [6, 6.07) is 4.37. The highest BCUT2D eigenvalue weighted by molar-refractivity contribution is 5.79. The Morgan fingerprint density at radius 3 is 2.83 bits per heavy atom.